The Hall–Kier alpha value is -3.68. The largest absolute Gasteiger partial charge is 0.493 e. The second-order valence-corrected chi connectivity index (χ2v) is 9.37. The number of benzene rings is 1. The average molecular weight is 534 g/mol. The number of ether oxygens (including phenoxy) is 2. The van der Waals surface area contributed by atoms with E-state index >= 15 is 0 Å². The van der Waals surface area contributed by atoms with Gasteiger partial charge in [-0.1, -0.05) is 0 Å². The second kappa shape index (κ2) is 11.4. The number of carboxylic acids is 2. The maximum atomic E-state index is 13.0. The molecule has 4 rings (SSSR count). The Balaban J connectivity index is 1.71. The number of nitrogens with zero attached hydrogens (tertiary/aromatic N) is 2. The van der Waals surface area contributed by atoms with Crippen LogP contribution >= 0.6 is 0 Å². The molecule has 206 valence electrons. The van der Waals surface area contributed by atoms with Gasteiger partial charge in [0.05, 0.1) is 55.8 Å². The minimum absolute atomic E-state index is 0.197. The first-order chi connectivity index (χ1) is 18.1. The van der Waals surface area contributed by atoms with E-state index in [0.717, 1.165) is 18.7 Å². The van der Waals surface area contributed by atoms with Gasteiger partial charge in [-0.2, -0.15) is 0 Å². The molecule has 1 saturated heterocycles. The molecule has 1 unspecified atom stereocenters. The molecule has 13 nitrogen and oxygen atoms in total. The van der Waals surface area contributed by atoms with Gasteiger partial charge in [-0.05, 0) is 37.5 Å². The predicted octanol–water partition coefficient (Wildman–Crippen LogP) is 0.650. The van der Waals surface area contributed by atoms with Crippen LogP contribution < -0.4 is 15.4 Å². The van der Waals surface area contributed by atoms with Crippen molar-refractivity contribution in [2.24, 2.45) is 0 Å². The molecule has 13 heteroatoms. The molecule has 0 saturated carbocycles. The molecule has 0 spiro atoms. The summed E-state index contributed by atoms with van der Waals surface area (Å²) in [5, 5.41) is 30.3. The molecule has 2 aliphatic rings. The monoisotopic (exact) mass is 533 g/mol. The number of anilines is 1. The minimum Gasteiger partial charge on any atom is -0.493 e. The molecule has 0 amide bonds. The van der Waals surface area contributed by atoms with Crippen LogP contribution in [0.25, 0.3) is 10.9 Å². The zero-order valence-electron chi connectivity index (χ0n) is 21.0. The number of nitrogens with one attached hydrogen (secondary N) is 1. The number of pyridine rings is 1. The Labute approximate surface area is 217 Å². The molecule has 0 aliphatic carbocycles. The summed E-state index contributed by atoms with van der Waals surface area (Å²) in [6.45, 7) is 5.81. The van der Waals surface area contributed by atoms with E-state index in [1.165, 1.54) is 5.06 Å². The van der Waals surface area contributed by atoms with Gasteiger partial charge in [-0.25, -0.2) is 14.7 Å². The third-order valence-electron chi connectivity index (χ3n) is 6.54. The fourth-order valence-corrected chi connectivity index (χ4v) is 4.82. The molecule has 3 heterocycles. The molecule has 2 aromatic rings. The van der Waals surface area contributed by atoms with E-state index in [0.29, 0.717) is 67.1 Å². The van der Waals surface area contributed by atoms with Crippen molar-refractivity contribution in [2.75, 3.05) is 44.5 Å². The SMILES string of the molecule is CCOc1cc(CN2CCOCC2)cc2[nH]c(=O)c3c(c12)N(OC(=O)CC(O)(CC(=O)O)C(=O)O)CCC3. The lowest BCUT2D eigenvalue weighted by Gasteiger charge is -2.32. The van der Waals surface area contributed by atoms with E-state index in [4.69, 9.17) is 19.4 Å². The molecule has 1 aromatic heterocycles. The van der Waals surface area contributed by atoms with Crippen molar-refractivity contribution in [1.29, 1.82) is 0 Å². The van der Waals surface area contributed by atoms with Crippen molar-refractivity contribution < 1.29 is 44.0 Å². The fourth-order valence-electron chi connectivity index (χ4n) is 4.82. The van der Waals surface area contributed by atoms with Crippen LogP contribution in [-0.4, -0.2) is 88.2 Å². The van der Waals surface area contributed by atoms with Crippen LogP contribution in [0.3, 0.4) is 0 Å². The normalized spacial score (nSPS) is 17.5. The summed E-state index contributed by atoms with van der Waals surface area (Å²) in [5.74, 6) is -4.11. The Kier molecular flexibility index (Phi) is 8.19. The quantitative estimate of drug-likeness (QED) is 0.336. The summed E-state index contributed by atoms with van der Waals surface area (Å²) < 4.78 is 11.4. The number of carboxylic acid groups (broad SMARTS) is 2. The highest BCUT2D eigenvalue weighted by Crippen LogP contribution is 2.39. The number of hydroxylamine groups is 1. The van der Waals surface area contributed by atoms with Gasteiger partial charge in [-0.15, -0.1) is 0 Å². The first-order valence-electron chi connectivity index (χ1n) is 12.4. The fraction of sp³-hybridized carbons (Fsp3) is 0.520. The third-order valence-corrected chi connectivity index (χ3v) is 6.54. The minimum atomic E-state index is -2.84. The summed E-state index contributed by atoms with van der Waals surface area (Å²) in [7, 11) is 0. The molecular weight excluding hydrogens is 502 g/mol. The molecule has 4 N–H and O–H groups in total. The molecule has 1 aromatic carbocycles. The standard InChI is InChI=1S/C25H31N3O10/c1-2-37-18-11-15(14-27-6-8-36-9-7-27)10-17-21(18)22-16(23(32)26-17)4-3-5-28(22)38-20(31)13-25(35,24(33)34)12-19(29)30/h10-11,35H,2-9,12-14H2,1H3,(H,26,32)(H,29,30)(H,33,34). The van der Waals surface area contributed by atoms with Crippen LogP contribution in [0.5, 0.6) is 5.75 Å². The highest BCUT2D eigenvalue weighted by atomic mass is 16.7. The first-order valence-corrected chi connectivity index (χ1v) is 12.4. The van der Waals surface area contributed by atoms with Gasteiger partial charge in [0, 0.05) is 25.2 Å². The van der Waals surface area contributed by atoms with Gasteiger partial charge in [-0.3, -0.25) is 14.5 Å². The molecular formula is C25H31N3O10. The molecule has 1 atom stereocenters. The molecule has 1 fully saturated rings. The summed E-state index contributed by atoms with van der Waals surface area (Å²) in [4.78, 5) is 58.9. The van der Waals surface area contributed by atoms with Gasteiger partial charge in [0.15, 0.2) is 5.60 Å². The van der Waals surface area contributed by atoms with E-state index in [1.54, 1.807) is 0 Å². The van der Waals surface area contributed by atoms with Crippen molar-refractivity contribution in [3.05, 3.63) is 33.6 Å². The van der Waals surface area contributed by atoms with Crippen molar-refractivity contribution in [2.45, 2.75) is 44.8 Å². The molecule has 0 radical (unpaired) electrons. The number of carbonyl (C=O) groups excluding carboxylic acids is 1. The maximum absolute atomic E-state index is 13.0. The average Bonchev–Trinajstić information content (AvgIpc) is 2.84. The van der Waals surface area contributed by atoms with Gasteiger partial charge in [0.1, 0.15) is 5.75 Å². The highest BCUT2D eigenvalue weighted by Gasteiger charge is 2.42. The molecule has 0 bridgehead atoms. The van der Waals surface area contributed by atoms with E-state index in [-0.39, 0.29) is 12.1 Å². The van der Waals surface area contributed by atoms with Crippen LogP contribution in [0.4, 0.5) is 5.69 Å². The maximum Gasteiger partial charge on any atom is 0.336 e. The zero-order valence-corrected chi connectivity index (χ0v) is 21.0. The number of morpholine rings is 1. The van der Waals surface area contributed by atoms with E-state index < -0.39 is 36.4 Å². The Bertz CT molecular complexity index is 1290. The number of fused-ring (bicyclic) bond motifs is 3. The van der Waals surface area contributed by atoms with Crippen molar-refractivity contribution in [3.63, 3.8) is 0 Å². The number of carbonyl (C=O) groups is 3. The summed E-state index contributed by atoms with van der Waals surface area (Å²) in [5.41, 5.74) is -1.11. The van der Waals surface area contributed by atoms with Crippen molar-refractivity contribution >= 4 is 34.5 Å². The highest BCUT2D eigenvalue weighted by molar-refractivity contribution is 5.99. The number of hydrogen-bond acceptors (Lipinski definition) is 10. The van der Waals surface area contributed by atoms with E-state index in [1.807, 2.05) is 19.1 Å². The lowest BCUT2D eigenvalue weighted by atomic mass is 9.96. The number of aliphatic hydroxyl groups is 1. The number of aliphatic carboxylic acids is 2. The Morgan fingerprint density at radius 2 is 1.87 bits per heavy atom. The summed E-state index contributed by atoms with van der Waals surface area (Å²) in [6.07, 6.45) is -1.40. The zero-order chi connectivity index (χ0) is 27.4. The van der Waals surface area contributed by atoms with Crippen LogP contribution in [0, 0.1) is 0 Å². The lowest BCUT2D eigenvalue weighted by molar-refractivity contribution is -0.172. The van der Waals surface area contributed by atoms with E-state index in [9.17, 15) is 29.4 Å². The number of rotatable bonds is 10. The van der Waals surface area contributed by atoms with Crippen molar-refractivity contribution in [3.8, 4) is 5.75 Å². The smallest absolute Gasteiger partial charge is 0.336 e. The number of H-pyrrole nitrogens is 1. The summed E-state index contributed by atoms with van der Waals surface area (Å²) >= 11 is 0. The van der Waals surface area contributed by atoms with Gasteiger partial charge >= 0.3 is 17.9 Å². The van der Waals surface area contributed by atoms with Gasteiger partial charge in [0.25, 0.3) is 5.56 Å². The topological polar surface area (TPSA) is 179 Å². The van der Waals surface area contributed by atoms with E-state index in [2.05, 4.69) is 9.88 Å². The number of hydrogen-bond donors (Lipinski definition) is 4. The first kappa shape index (κ1) is 27.4. The molecule has 38 heavy (non-hydrogen) atoms. The second-order valence-electron chi connectivity index (χ2n) is 9.37. The molecule has 2 aliphatic heterocycles. The number of aromatic nitrogens is 1. The van der Waals surface area contributed by atoms with Crippen molar-refractivity contribution in [1.82, 2.24) is 9.88 Å². The Morgan fingerprint density at radius 3 is 2.53 bits per heavy atom. The third kappa shape index (κ3) is 5.90. The van der Waals surface area contributed by atoms with Crippen LogP contribution in [0.1, 0.15) is 37.3 Å². The summed E-state index contributed by atoms with van der Waals surface area (Å²) in [6, 6.07) is 3.73. The van der Waals surface area contributed by atoms with Crippen LogP contribution in [0.15, 0.2) is 16.9 Å². The lowest BCUT2D eigenvalue weighted by Crippen LogP contribution is -2.44. The van der Waals surface area contributed by atoms with Gasteiger partial charge in [0.2, 0.25) is 0 Å². The number of aromatic amines is 1. The predicted molar refractivity (Wildman–Crippen MR) is 133 cm³/mol. The van der Waals surface area contributed by atoms with Gasteiger partial charge < -0.3 is 34.6 Å². The van der Waals surface area contributed by atoms with Crippen LogP contribution in [-0.2, 0) is 36.9 Å². The Morgan fingerprint density at radius 1 is 1.13 bits per heavy atom. The van der Waals surface area contributed by atoms with Crippen LogP contribution in [0.2, 0.25) is 0 Å².